The van der Waals surface area contributed by atoms with Gasteiger partial charge in [-0.2, -0.15) is 4.98 Å². The van der Waals surface area contributed by atoms with Crippen LogP contribution in [0.4, 0.5) is 0 Å². The van der Waals surface area contributed by atoms with Gasteiger partial charge in [0.25, 0.3) is 0 Å². The highest BCUT2D eigenvalue weighted by atomic mass is 32.1. The molecular weight excluding hydrogens is 272 g/mol. The van der Waals surface area contributed by atoms with Crippen molar-refractivity contribution in [2.24, 2.45) is 16.7 Å². The van der Waals surface area contributed by atoms with Crippen molar-refractivity contribution in [1.82, 2.24) is 19.5 Å². The van der Waals surface area contributed by atoms with Crippen LogP contribution >= 0.6 is 12.2 Å². The van der Waals surface area contributed by atoms with E-state index in [0.29, 0.717) is 27.4 Å². The molecular formula is C14H20N4OS. The summed E-state index contributed by atoms with van der Waals surface area (Å²) in [6.45, 7) is 10.1. The van der Waals surface area contributed by atoms with E-state index < -0.39 is 0 Å². The zero-order chi connectivity index (χ0) is 14.7. The molecule has 2 aromatic heterocycles. The Kier molecular flexibility index (Phi) is 2.73. The number of aromatic nitrogens is 4. The summed E-state index contributed by atoms with van der Waals surface area (Å²) >= 11 is 5.44. The third-order valence-corrected chi connectivity index (χ3v) is 5.73. The second kappa shape index (κ2) is 4.04. The van der Waals surface area contributed by atoms with E-state index >= 15 is 0 Å². The number of nitrogens with zero attached hydrogens (tertiary/aromatic N) is 3. The highest BCUT2D eigenvalue weighted by molar-refractivity contribution is 7.71. The predicted octanol–water partition coefficient (Wildman–Crippen LogP) is 3.18. The van der Waals surface area contributed by atoms with Gasteiger partial charge in [-0.05, 0) is 29.0 Å². The monoisotopic (exact) mass is 292 g/mol. The van der Waals surface area contributed by atoms with Gasteiger partial charge < -0.3 is 14.3 Å². The van der Waals surface area contributed by atoms with Gasteiger partial charge in [0.1, 0.15) is 11.8 Å². The Labute approximate surface area is 123 Å². The Hall–Kier alpha value is -1.43. The minimum Gasteiger partial charge on any atom is -0.479 e. The van der Waals surface area contributed by atoms with E-state index in [1.165, 1.54) is 6.33 Å². The van der Waals surface area contributed by atoms with Crippen LogP contribution < -0.4 is 4.74 Å². The summed E-state index contributed by atoms with van der Waals surface area (Å²) in [6.07, 6.45) is 1.52. The number of imidazole rings is 1. The Morgan fingerprint density at radius 2 is 1.95 bits per heavy atom. The van der Waals surface area contributed by atoms with Crippen molar-refractivity contribution in [1.29, 1.82) is 0 Å². The fourth-order valence-corrected chi connectivity index (χ4v) is 3.50. The lowest BCUT2D eigenvalue weighted by Crippen LogP contribution is -2.05. The van der Waals surface area contributed by atoms with Crippen LogP contribution in [0.5, 0.6) is 5.88 Å². The first kappa shape index (κ1) is 13.5. The summed E-state index contributed by atoms with van der Waals surface area (Å²) in [4.78, 5) is 11.6. The molecule has 1 aliphatic rings. The van der Waals surface area contributed by atoms with Crippen LogP contribution in [-0.4, -0.2) is 26.6 Å². The normalized spacial score (nSPS) is 20.2. The Morgan fingerprint density at radius 3 is 2.50 bits per heavy atom. The first-order chi connectivity index (χ1) is 9.30. The predicted molar refractivity (Wildman–Crippen MR) is 80.3 cm³/mol. The topological polar surface area (TPSA) is 55.7 Å². The maximum absolute atomic E-state index is 5.44. The first-order valence-electron chi connectivity index (χ1n) is 6.78. The molecule has 0 aliphatic heterocycles. The van der Waals surface area contributed by atoms with Crippen LogP contribution in [0.2, 0.25) is 0 Å². The molecule has 108 valence electrons. The second-order valence-electron chi connectivity index (χ2n) is 6.62. The Bertz CT molecular complexity index is 714. The van der Waals surface area contributed by atoms with Gasteiger partial charge in [0.2, 0.25) is 5.88 Å². The molecule has 3 rings (SSSR count). The van der Waals surface area contributed by atoms with Gasteiger partial charge in [0.05, 0.1) is 7.11 Å². The smallest absolute Gasteiger partial charge is 0.242 e. The lowest BCUT2D eigenvalue weighted by atomic mass is 10.0. The lowest BCUT2D eigenvalue weighted by Gasteiger charge is -2.05. The van der Waals surface area contributed by atoms with Crippen molar-refractivity contribution >= 4 is 23.4 Å². The highest BCUT2D eigenvalue weighted by Gasteiger charge is 2.64. The molecule has 0 saturated heterocycles. The number of nitrogens with one attached hydrogen (secondary N) is 1. The van der Waals surface area contributed by atoms with Crippen molar-refractivity contribution in [3.05, 3.63) is 11.1 Å². The molecule has 1 saturated carbocycles. The molecule has 0 atom stereocenters. The van der Waals surface area contributed by atoms with E-state index in [0.717, 1.165) is 17.7 Å². The van der Waals surface area contributed by atoms with E-state index in [4.69, 9.17) is 17.0 Å². The van der Waals surface area contributed by atoms with Gasteiger partial charge in [0, 0.05) is 6.54 Å². The Morgan fingerprint density at radius 1 is 1.30 bits per heavy atom. The summed E-state index contributed by atoms with van der Waals surface area (Å²) in [7, 11) is 1.60. The third kappa shape index (κ3) is 1.63. The van der Waals surface area contributed by atoms with Gasteiger partial charge in [-0.25, -0.2) is 4.98 Å². The number of fused-ring (bicyclic) bond motifs is 1. The van der Waals surface area contributed by atoms with Crippen LogP contribution in [0, 0.1) is 21.5 Å². The van der Waals surface area contributed by atoms with Crippen LogP contribution in [0.25, 0.3) is 11.2 Å². The van der Waals surface area contributed by atoms with Crippen molar-refractivity contribution in [2.75, 3.05) is 7.11 Å². The molecule has 0 unspecified atom stereocenters. The number of H-pyrrole nitrogens is 1. The van der Waals surface area contributed by atoms with Crippen LogP contribution in [-0.2, 0) is 6.54 Å². The molecule has 0 aromatic carbocycles. The van der Waals surface area contributed by atoms with Crippen molar-refractivity contribution in [2.45, 2.75) is 34.2 Å². The van der Waals surface area contributed by atoms with Crippen LogP contribution in [0.15, 0.2) is 6.33 Å². The highest BCUT2D eigenvalue weighted by Crippen LogP contribution is 2.68. The third-order valence-electron chi connectivity index (χ3n) is 5.40. The molecule has 20 heavy (non-hydrogen) atoms. The molecule has 0 bridgehead atoms. The SMILES string of the molecule is COc1ncnc2c1[nH]c(=S)n2CC1C(C)(C)C1(C)C. The van der Waals surface area contributed by atoms with E-state index in [2.05, 4.69) is 47.2 Å². The van der Waals surface area contributed by atoms with E-state index in [1.54, 1.807) is 7.11 Å². The van der Waals surface area contributed by atoms with Crippen molar-refractivity contribution < 1.29 is 4.74 Å². The molecule has 1 N–H and O–H groups in total. The standard InChI is InChI=1S/C14H20N4OS/c1-13(2)8(14(13,3)4)6-18-10-9(17-12(18)20)11(19-5)16-7-15-10/h7-8H,6H2,1-5H3,(H,17,20). The quantitative estimate of drug-likeness (QED) is 0.883. The van der Waals surface area contributed by atoms with Gasteiger partial charge in [-0.3, -0.25) is 0 Å². The summed E-state index contributed by atoms with van der Waals surface area (Å²) < 4.78 is 8.00. The molecule has 1 fully saturated rings. The number of rotatable bonds is 3. The number of hydrogen-bond donors (Lipinski definition) is 1. The van der Waals surface area contributed by atoms with E-state index in [1.807, 2.05) is 0 Å². The summed E-state index contributed by atoms with van der Waals surface area (Å²) in [5.41, 5.74) is 2.24. The molecule has 2 aromatic rings. The van der Waals surface area contributed by atoms with Crippen LogP contribution in [0.1, 0.15) is 27.7 Å². The van der Waals surface area contributed by atoms with Crippen LogP contribution in [0.3, 0.4) is 0 Å². The van der Waals surface area contributed by atoms with Gasteiger partial charge in [-0.15, -0.1) is 0 Å². The van der Waals surface area contributed by atoms with Gasteiger partial charge in [0.15, 0.2) is 10.4 Å². The number of hydrogen-bond acceptors (Lipinski definition) is 4. The maximum atomic E-state index is 5.44. The van der Waals surface area contributed by atoms with Crippen molar-refractivity contribution in [3.8, 4) is 5.88 Å². The largest absolute Gasteiger partial charge is 0.479 e. The average molecular weight is 292 g/mol. The van der Waals surface area contributed by atoms with Gasteiger partial charge >= 0.3 is 0 Å². The van der Waals surface area contributed by atoms with E-state index in [9.17, 15) is 0 Å². The Balaban J connectivity index is 2.06. The fraction of sp³-hybridized carbons (Fsp3) is 0.643. The van der Waals surface area contributed by atoms with E-state index in [-0.39, 0.29) is 0 Å². The summed E-state index contributed by atoms with van der Waals surface area (Å²) in [5, 5.41) is 0. The number of methoxy groups -OCH3 is 1. The number of ether oxygens (including phenoxy) is 1. The minimum absolute atomic E-state index is 0.322. The van der Waals surface area contributed by atoms with Crippen molar-refractivity contribution in [3.63, 3.8) is 0 Å². The van der Waals surface area contributed by atoms with Gasteiger partial charge in [-0.1, -0.05) is 27.7 Å². The molecule has 6 heteroatoms. The minimum atomic E-state index is 0.322. The molecule has 0 amide bonds. The zero-order valence-electron chi connectivity index (χ0n) is 12.5. The average Bonchev–Trinajstić information content (AvgIpc) is 2.67. The molecule has 5 nitrogen and oxygen atoms in total. The zero-order valence-corrected chi connectivity index (χ0v) is 13.3. The molecule has 0 radical (unpaired) electrons. The molecule has 2 heterocycles. The second-order valence-corrected chi connectivity index (χ2v) is 7.00. The summed E-state index contributed by atoms with van der Waals surface area (Å²) in [6, 6.07) is 0. The number of aromatic amines is 1. The fourth-order valence-electron chi connectivity index (χ4n) is 3.24. The summed E-state index contributed by atoms with van der Waals surface area (Å²) in [5.74, 6) is 1.12. The lowest BCUT2D eigenvalue weighted by molar-refractivity contribution is 0.401. The maximum Gasteiger partial charge on any atom is 0.242 e. The first-order valence-corrected chi connectivity index (χ1v) is 7.19. The molecule has 1 aliphatic carbocycles. The molecule has 0 spiro atoms.